The van der Waals surface area contributed by atoms with Crippen LogP contribution in [0.15, 0.2) is 29.1 Å². The number of hydrogen-bond acceptors (Lipinski definition) is 4. The lowest BCUT2D eigenvalue weighted by Gasteiger charge is -2.21. The molecule has 3 heterocycles. The van der Waals surface area contributed by atoms with E-state index in [-0.39, 0.29) is 12.2 Å². The van der Waals surface area contributed by atoms with Gasteiger partial charge in [0.05, 0.1) is 0 Å². The van der Waals surface area contributed by atoms with Crippen molar-refractivity contribution < 1.29 is 8.78 Å². The zero-order valence-corrected chi connectivity index (χ0v) is 13.4. The topological polar surface area (TPSA) is 41.4 Å². The van der Waals surface area contributed by atoms with Gasteiger partial charge in [0.25, 0.3) is 0 Å². The number of anilines is 2. The molecule has 0 saturated carbocycles. The quantitative estimate of drug-likeness (QED) is 0.864. The van der Waals surface area contributed by atoms with Gasteiger partial charge in [0.15, 0.2) is 0 Å². The molecule has 0 unspecified atom stereocenters. The third kappa shape index (κ3) is 2.44. The van der Waals surface area contributed by atoms with Crippen LogP contribution in [0.25, 0.3) is 0 Å². The molecular formula is C17H18F2N4O. The van der Waals surface area contributed by atoms with Gasteiger partial charge < -0.3 is 9.80 Å². The van der Waals surface area contributed by atoms with E-state index in [1.807, 2.05) is 6.07 Å². The normalized spacial score (nSPS) is 18.6. The van der Waals surface area contributed by atoms with Crippen molar-refractivity contribution in [1.29, 1.82) is 0 Å². The summed E-state index contributed by atoms with van der Waals surface area (Å²) in [4.78, 5) is 20.4. The Morgan fingerprint density at radius 1 is 1.33 bits per heavy atom. The van der Waals surface area contributed by atoms with Crippen molar-refractivity contribution in [3.8, 4) is 0 Å². The van der Waals surface area contributed by atoms with E-state index >= 15 is 0 Å². The highest BCUT2D eigenvalue weighted by molar-refractivity contribution is 5.54. The molecule has 1 atom stereocenters. The first-order chi connectivity index (χ1) is 11.5. The number of hydrogen-bond donors (Lipinski definition) is 0. The molecule has 0 aliphatic carbocycles. The van der Waals surface area contributed by atoms with Crippen molar-refractivity contribution in [3.05, 3.63) is 51.9 Å². The van der Waals surface area contributed by atoms with E-state index in [9.17, 15) is 13.6 Å². The molecule has 0 spiro atoms. The van der Waals surface area contributed by atoms with Crippen LogP contribution in [0.5, 0.6) is 0 Å². The fourth-order valence-corrected chi connectivity index (χ4v) is 3.61. The van der Waals surface area contributed by atoms with Crippen LogP contribution in [0.2, 0.25) is 0 Å². The van der Waals surface area contributed by atoms with Gasteiger partial charge in [-0.3, -0.25) is 4.57 Å². The zero-order chi connectivity index (χ0) is 16.8. The molecular weight excluding hydrogens is 314 g/mol. The first-order valence-corrected chi connectivity index (χ1v) is 8.06. The van der Waals surface area contributed by atoms with Gasteiger partial charge in [-0.2, -0.15) is 4.98 Å². The van der Waals surface area contributed by atoms with Crippen molar-refractivity contribution in [3.63, 3.8) is 0 Å². The van der Waals surface area contributed by atoms with E-state index in [1.165, 1.54) is 12.1 Å². The summed E-state index contributed by atoms with van der Waals surface area (Å²) in [5, 5.41) is 0. The Bertz CT molecular complexity index is 851. The van der Waals surface area contributed by atoms with Crippen LogP contribution in [0.3, 0.4) is 0 Å². The van der Waals surface area contributed by atoms with Gasteiger partial charge in [-0.05, 0) is 18.9 Å². The Kier molecular flexibility index (Phi) is 3.51. The zero-order valence-electron chi connectivity index (χ0n) is 13.4. The van der Waals surface area contributed by atoms with Crippen molar-refractivity contribution >= 4 is 11.6 Å². The van der Waals surface area contributed by atoms with E-state index in [1.54, 1.807) is 16.5 Å². The minimum Gasteiger partial charge on any atom is -0.355 e. The molecule has 126 valence electrons. The molecule has 2 aliphatic heterocycles. The molecule has 0 bridgehead atoms. The SMILES string of the molecule is CN(Cc1ccc(F)cc1F)c1cc2n(c(=O)n1)C[C@H]1CCCN21. The highest BCUT2D eigenvalue weighted by Crippen LogP contribution is 2.33. The number of nitrogens with zero attached hydrogens (tertiary/aromatic N) is 4. The maximum Gasteiger partial charge on any atom is 0.351 e. The summed E-state index contributed by atoms with van der Waals surface area (Å²) in [6, 6.07) is 5.77. The Labute approximate surface area is 138 Å². The third-order valence-electron chi connectivity index (χ3n) is 4.85. The standard InChI is InChI=1S/C17H18F2N4O/c1-21(9-11-4-5-12(18)7-14(11)19)15-8-16-22-6-2-3-13(22)10-23(16)17(24)20-15/h4-5,7-8,13H,2-3,6,9-10H2,1H3/t13-/m1/s1. The predicted molar refractivity (Wildman–Crippen MR) is 87.3 cm³/mol. The summed E-state index contributed by atoms with van der Waals surface area (Å²) in [5.74, 6) is 0.189. The number of fused-ring (bicyclic) bond motifs is 3. The smallest absolute Gasteiger partial charge is 0.351 e. The lowest BCUT2D eigenvalue weighted by Crippen LogP contribution is -2.27. The summed E-state index contributed by atoms with van der Waals surface area (Å²) in [6.45, 7) is 1.85. The van der Waals surface area contributed by atoms with Gasteiger partial charge >= 0.3 is 5.69 Å². The fourth-order valence-electron chi connectivity index (χ4n) is 3.61. The molecule has 1 aromatic carbocycles. The maximum absolute atomic E-state index is 13.8. The summed E-state index contributed by atoms with van der Waals surface area (Å²) in [5.41, 5.74) is 0.0867. The lowest BCUT2D eigenvalue weighted by molar-refractivity contribution is 0.570. The van der Waals surface area contributed by atoms with Crippen LogP contribution in [0.1, 0.15) is 18.4 Å². The molecule has 0 amide bonds. The molecule has 1 saturated heterocycles. The van der Waals surface area contributed by atoms with E-state index in [0.717, 1.165) is 31.3 Å². The molecule has 1 fully saturated rings. The van der Waals surface area contributed by atoms with E-state index in [0.29, 0.717) is 24.0 Å². The van der Waals surface area contributed by atoms with Crippen LogP contribution < -0.4 is 15.5 Å². The number of halogens is 2. The van der Waals surface area contributed by atoms with Gasteiger partial charge in [-0.1, -0.05) is 6.07 Å². The summed E-state index contributed by atoms with van der Waals surface area (Å²) in [7, 11) is 1.75. The van der Waals surface area contributed by atoms with Crippen LogP contribution in [-0.4, -0.2) is 29.2 Å². The van der Waals surface area contributed by atoms with Crippen molar-refractivity contribution in [2.45, 2.75) is 32.0 Å². The van der Waals surface area contributed by atoms with Crippen LogP contribution >= 0.6 is 0 Å². The molecule has 0 N–H and O–H groups in total. The molecule has 7 heteroatoms. The van der Waals surface area contributed by atoms with Gasteiger partial charge in [-0.15, -0.1) is 0 Å². The number of aromatic nitrogens is 2. The molecule has 5 nitrogen and oxygen atoms in total. The van der Waals surface area contributed by atoms with E-state index < -0.39 is 11.6 Å². The Hall–Kier alpha value is -2.44. The lowest BCUT2D eigenvalue weighted by atomic mass is 10.2. The Balaban J connectivity index is 1.64. The van der Waals surface area contributed by atoms with Crippen LogP contribution in [0, 0.1) is 11.6 Å². The average Bonchev–Trinajstić information content (AvgIpc) is 3.12. The van der Waals surface area contributed by atoms with Gasteiger partial charge in [0.2, 0.25) is 0 Å². The van der Waals surface area contributed by atoms with Crippen LogP contribution in [-0.2, 0) is 13.1 Å². The van der Waals surface area contributed by atoms with Crippen molar-refractivity contribution in [1.82, 2.24) is 9.55 Å². The van der Waals surface area contributed by atoms with Crippen molar-refractivity contribution in [2.24, 2.45) is 0 Å². The van der Waals surface area contributed by atoms with E-state index in [4.69, 9.17) is 0 Å². The minimum atomic E-state index is -0.604. The number of benzene rings is 1. The number of rotatable bonds is 3. The third-order valence-corrected chi connectivity index (χ3v) is 4.85. The second-order valence-electron chi connectivity index (χ2n) is 6.45. The van der Waals surface area contributed by atoms with Gasteiger partial charge in [0.1, 0.15) is 23.3 Å². The first kappa shape index (κ1) is 15.1. The second-order valence-corrected chi connectivity index (χ2v) is 6.45. The highest BCUT2D eigenvalue weighted by atomic mass is 19.1. The minimum absolute atomic E-state index is 0.214. The Morgan fingerprint density at radius 2 is 2.17 bits per heavy atom. The van der Waals surface area contributed by atoms with Crippen LogP contribution in [0.4, 0.5) is 20.4 Å². The Morgan fingerprint density at radius 3 is 2.96 bits per heavy atom. The van der Waals surface area contributed by atoms with E-state index in [2.05, 4.69) is 9.88 Å². The molecule has 0 radical (unpaired) electrons. The monoisotopic (exact) mass is 332 g/mol. The summed E-state index contributed by atoms with van der Waals surface area (Å²) in [6.07, 6.45) is 2.22. The molecule has 2 aliphatic rings. The van der Waals surface area contributed by atoms with Gasteiger partial charge in [-0.25, -0.2) is 13.6 Å². The summed E-state index contributed by atoms with van der Waals surface area (Å²) >= 11 is 0. The average molecular weight is 332 g/mol. The van der Waals surface area contributed by atoms with Gasteiger partial charge in [0, 0.05) is 50.4 Å². The fraction of sp³-hybridized carbons (Fsp3) is 0.412. The molecule has 2 aromatic rings. The molecule has 4 rings (SSSR count). The molecule has 24 heavy (non-hydrogen) atoms. The highest BCUT2D eigenvalue weighted by Gasteiger charge is 2.34. The molecule has 1 aromatic heterocycles. The predicted octanol–water partition coefficient (Wildman–Crippen LogP) is 2.14. The first-order valence-electron chi connectivity index (χ1n) is 8.06. The van der Waals surface area contributed by atoms with Crippen molar-refractivity contribution in [2.75, 3.05) is 23.4 Å². The second kappa shape index (κ2) is 5.58. The largest absolute Gasteiger partial charge is 0.355 e. The maximum atomic E-state index is 13.8. The summed E-state index contributed by atoms with van der Waals surface area (Å²) < 4.78 is 28.6.